The number of carbonyl (C=O) groups is 1. The van der Waals surface area contributed by atoms with Crippen LogP contribution in [0.25, 0.3) is 0 Å². The minimum Gasteiger partial charge on any atom is -0.489 e. The SMILES string of the molecule is Cc1ccccc1C(C)NC(=O)c1ccccc1COc1ccccc1. The van der Waals surface area contributed by atoms with Gasteiger partial charge in [-0.15, -0.1) is 0 Å². The van der Waals surface area contributed by atoms with E-state index in [1.54, 1.807) is 0 Å². The van der Waals surface area contributed by atoms with Crippen LogP contribution < -0.4 is 10.1 Å². The average Bonchev–Trinajstić information content (AvgIpc) is 2.67. The molecule has 0 bridgehead atoms. The summed E-state index contributed by atoms with van der Waals surface area (Å²) in [6, 6.07) is 25.2. The Bertz CT molecular complexity index is 874. The number of nitrogens with one attached hydrogen (secondary N) is 1. The van der Waals surface area contributed by atoms with Crippen molar-refractivity contribution >= 4 is 5.91 Å². The summed E-state index contributed by atoms with van der Waals surface area (Å²) in [5.74, 6) is 0.698. The molecule has 3 nitrogen and oxygen atoms in total. The molecule has 0 saturated heterocycles. The van der Waals surface area contributed by atoms with Crippen molar-refractivity contribution in [1.82, 2.24) is 5.32 Å². The number of rotatable bonds is 6. The highest BCUT2D eigenvalue weighted by molar-refractivity contribution is 5.95. The van der Waals surface area contributed by atoms with E-state index >= 15 is 0 Å². The number of benzene rings is 3. The number of amides is 1. The third kappa shape index (κ3) is 4.31. The van der Waals surface area contributed by atoms with Gasteiger partial charge < -0.3 is 10.1 Å². The first-order chi connectivity index (χ1) is 12.6. The fourth-order valence-electron chi connectivity index (χ4n) is 2.97. The molecule has 3 heteroatoms. The molecule has 3 aromatic carbocycles. The summed E-state index contributed by atoms with van der Waals surface area (Å²) >= 11 is 0. The second-order valence-electron chi connectivity index (χ2n) is 6.31. The molecule has 0 spiro atoms. The lowest BCUT2D eigenvalue weighted by Gasteiger charge is -2.18. The Labute approximate surface area is 154 Å². The monoisotopic (exact) mass is 345 g/mol. The van der Waals surface area contributed by atoms with Gasteiger partial charge in [-0.3, -0.25) is 4.79 Å². The molecule has 0 saturated carbocycles. The van der Waals surface area contributed by atoms with Crippen molar-refractivity contribution in [3.05, 3.63) is 101 Å². The zero-order valence-corrected chi connectivity index (χ0v) is 15.1. The minimum atomic E-state index is -0.0898. The molecule has 0 aliphatic heterocycles. The fraction of sp³-hybridized carbons (Fsp3) is 0.174. The van der Waals surface area contributed by atoms with Crippen LogP contribution in [-0.2, 0) is 6.61 Å². The van der Waals surface area contributed by atoms with Crippen molar-refractivity contribution in [1.29, 1.82) is 0 Å². The van der Waals surface area contributed by atoms with Crippen LogP contribution in [0.2, 0.25) is 0 Å². The number of hydrogen-bond donors (Lipinski definition) is 1. The van der Waals surface area contributed by atoms with E-state index in [1.165, 1.54) is 5.56 Å². The first-order valence-corrected chi connectivity index (χ1v) is 8.77. The van der Waals surface area contributed by atoms with Gasteiger partial charge in [0.15, 0.2) is 0 Å². The van der Waals surface area contributed by atoms with Crippen LogP contribution >= 0.6 is 0 Å². The Balaban J connectivity index is 1.72. The summed E-state index contributed by atoms with van der Waals surface area (Å²) < 4.78 is 5.81. The van der Waals surface area contributed by atoms with E-state index in [9.17, 15) is 4.79 Å². The van der Waals surface area contributed by atoms with Crippen molar-refractivity contribution in [3.8, 4) is 5.75 Å². The Hall–Kier alpha value is -3.07. The molecule has 26 heavy (non-hydrogen) atoms. The van der Waals surface area contributed by atoms with Crippen LogP contribution in [0.4, 0.5) is 0 Å². The third-order valence-electron chi connectivity index (χ3n) is 4.40. The fourth-order valence-corrected chi connectivity index (χ4v) is 2.97. The van der Waals surface area contributed by atoms with Crippen LogP contribution in [0.15, 0.2) is 78.9 Å². The van der Waals surface area contributed by atoms with Gasteiger partial charge in [-0.25, -0.2) is 0 Å². The Morgan fingerprint density at radius 3 is 2.35 bits per heavy atom. The van der Waals surface area contributed by atoms with Crippen LogP contribution in [0.3, 0.4) is 0 Å². The molecule has 0 aromatic heterocycles. The summed E-state index contributed by atoms with van der Waals surface area (Å²) in [7, 11) is 0. The standard InChI is InChI=1S/C23H23NO2/c1-17-10-6-8-14-21(17)18(2)24-23(25)22-15-9-7-11-19(22)16-26-20-12-4-3-5-13-20/h3-15,18H,16H2,1-2H3,(H,24,25). The van der Waals surface area contributed by atoms with Gasteiger partial charge in [0.1, 0.15) is 12.4 Å². The Morgan fingerprint density at radius 1 is 0.923 bits per heavy atom. The maximum atomic E-state index is 12.8. The van der Waals surface area contributed by atoms with E-state index in [1.807, 2.05) is 79.7 Å². The highest BCUT2D eigenvalue weighted by atomic mass is 16.5. The second-order valence-corrected chi connectivity index (χ2v) is 6.31. The largest absolute Gasteiger partial charge is 0.489 e. The minimum absolute atomic E-state index is 0.0632. The quantitative estimate of drug-likeness (QED) is 0.678. The summed E-state index contributed by atoms with van der Waals surface area (Å²) in [5.41, 5.74) is 3.80. The number of ether oxygens (including phenoxy) is 1. The molecule has 3 rings (SSSR count). The Morgan fingerprint density at radius 2 is 1.58 bits per heavy atom. The van der Waals surface area contributed by atoms with Gasteiger partial charge in [0.25, 0.3) is 5.91 Å². The zero-order chi connectivity index (χ0) is 18.4. The highest BCUT2D eigenvalue weighted by Gasteiger charge is 2.15. The van der Waals surface area contributed by atoms with E-state index < -0.39 is 0 Å². The second kappa shape index (κ2) is 8.34. The summed E-state index contributed by atoms with van der Waals surface area (Å²) in [6.45, 7) is 4.41. The molecule has 0 radical (unpaired) electrons. The predicted molar refractivity (Wildman–Crippen MR) is 104 cm³/mol. The number of para-hydroxylation sites is 1. The summed E-state index contributed by atoms with van der Waals surface area (Å²) in [4.78, 5) is 12.8. The molecule has 0 fully saturated rings. The van der Waals surface area contributed by atoms with E-state index in [0.29, 0.717) is 12.2 Å². The Kier molecular flexibility index (Phi) is 5.69. The van der Waals surface area contributed by atoms with Crippen molar-refractivity contribution in [2.24, 2.45) is 0 Å². The van der Waals surface area contributed by atoms with E-state index in [0.717, 1.165) is 16.9 Å². The molecule has 1 amide bonds. The lowest BCUT2D eigenvalue weighted by atomic mass is 10.0. The maximum absolute atomic E-state index is 12.8. The smallest absolute Gasteiger partial charge is 0.252 e. The number of aryl methyl sites for hydroxylation is 1. The molecule has 132 valence electrons. The van der Waals surface area contributed by atoms with Crippen molar-refractivity contribution in [2.45, 2.75) is 26.5 Å². The van der Waals surface area contributed by atoms with Gasteiger partial charge in [0.05, 0.1) is 6.04 Å². The van der Waals surface area contributed by atoms with Crippen LogP contribution in [0, 0.1) is 6.92 Å². The predicted octanol–water partition coefficient (Wildman–Crippen LogP) is 5.07. The van der Waals surface area contributed by atoms with Crippen molar-refractivity contribution in [3.63, 3.8) is 0 Å². The van der Waals surface area contributed by atoms with Gasteiger partial charge in [0, 0.05) is 11.1 Å². The van der Waals surface area contributed by atoms with Gasteiger partial charge in [-0.05, 0) is 43.2 Å². The molecule has 3 aromatic rings. The first-order valence-electron chi connectivity index (χ1n) is 8.77. The third-order valence-corrected chi connectivity index (χ3v) is 4.40. The van der Waals surface area contributed by atoms with Gasteiger partial charge >= 0.3 is 0 Å². The summed E-state index contributed by atoms with van der Waals surface area (Å²) in [6.07, 6.45) is 0. The number of hydrogen-bond acceptors (Lipinski definition) is 2. The molecular formula is C23H23NO2. The molecule has 0 aliphatic rings. The first kappa shape index (κ1) is 17.7. The van der Waals surface area contributed by atoms with E-state index in [2.05, 4.69) is 18.3 Å². The molecule has 1 unspecified atom stereocenters. The van der Waals surface area contributed by atoms with Gasteiger partial charge in [-0.1, -0.05) is 60.7 Å². The molecular weight excluding hydrogens is 322 g/mol. The molecule has 0 heterocycles. The topological polar surface area (TPSA) is 38.3 Å². The lowest BCUT2D eigenvalue weighted by Crippen LogP contribution is -2.28. The van der Waals surface area contributed by atoms with E-state index in [-0.39, 0.29) is 11.9 Å². The van der Waals surface area contributed by atoms with Crippen LogP contribution in [-0.4, -0.2) is 5.91 Å². The van der Waals surface area contributed by atoms with Crippen LogP contribution in [0.5, 0.6) is 5.75 Å². The summed E-state index contributed by atoms with van der Waals surface area (Å²) in [5, 5.41) is 3.10. The zero-order valence-electron chi connectivity index (χ0n) is 15.1. The molecule has 1 N–H and O–H groups in total. The van der Waals surface area contributed by atoms with Crippen molar-refractivity contribution < 1.29 is 9.53 Å². The molecule has 0 aliphatic carbocycles. The molecule has 1 atom stereocenters. The van der Waals surface area contributed by atoms with E-state index in [4.69, 9.17) is 4.74 Å². The maximum Gasteiger partial charge on any atom is 0.252 e. The highest BCUT2D eigenvalue weighted by Crippen LogP contribution is 2.19. The average molecular weight is 345 g/mol. The van der Waals surface area contributed by atoms with Crippen molar-refractivity contribution in [2.75, 3.05) is 0 Å². The van der Waals surface area contributed by atoms with Gasteiger partial charge in [0.2, 0.25) is 0 Å². The normalized spacial score (nSPS) is 11.6. The lowest BCUT2D eigenvalue weighted by molar-refractivity contribution is 0.0937. The van der Waals surface area contributed by atoms with Gasteiger partial charge in [-0.2, -0.15) is 0 Å². The van der Waals surface area contributed by atoms with Crippen LogP contribution in [0.1, 0.15) is 40.0 Å². The number of carbonyl (C=O) groups excluding carboxylic acids is 1.